The molecule has 2 atom stereocenters. The van der Waals surface area contributed by atoms with Crippen molar-refractivity contribution in [2.75, 3.05) is 27.2 Å². The Hall–Kier alpha value is -0.520. The second-order valence-electron chi connectivity index (χ2n) is 5.52. The number of rotatable bonds is 3. The second-order valence-corrected chi connectivity index (χ2v) is 6.38. The van der Waals surface area contributed by atoms with Gasteiger partial charge in [-0.15, -0.1) is 0 Å². The predicted molar refractivity (Wildman–Crippen MR) is 76.0 cm³/mol. The number of benzene rings is 1. The van der Waals surface area contributed by atoms with Gasteiger partial charge < -0.3 is 4.90 Å². The Morgan fingerprint density at radius 2 is 2.00 bits per heavy atom. The van der Waals surface area contributed by atoms with Crippen molar-refractivity contribution in [3.63, 3.8) is 0 Å². The third-order valence-corrected chi connectivity index (χ3v) is 4.44. The summed E-state index contributed by atoms with van der Waals surface area (Å²) in [4.78, 5) is 4.29. The Morgan fingerprint density at radius 3 is 2.58 bits per heavy atom. The van der Waals surface area contributed by atoms with E-state index >= 15 is 0 Å². The molecule has 1 aliphatic heterocycles. The molecule has 5 heteroatoms. The van der Waals surface area contributed by atoms with Crippen LogP contribution in [0.15, 0.2) is 16.6 Å². The lowest BCUT2D eigenvalue weighted by Crippen LogP contribution is -2.34. The highest BCUT2D eigenvalue weighted by atomic mass is 79.9. The molecule has 0 bridgehead atoms. The Labute approximate surface area is 121 Å². The highest BCUT2D eigenvalue weighted by Gasteiger charge is 2.31. The van der Waals surface area contributed by atoms with Gasteiger partial charge in [-0.3, -0.25) is 4.90 Å². The van der Waals surface area contributed by atoms with Gasteiger partial charge in [-0.05, 0) is 48.1 Å². The van der Waals surface area contributed by atoms with Crippen molar-refractivity contribution in [3.8, 4) is 0 Å². The normalized spacial score (nSPS) is 24.4. The van der Waals surface area contributed by atoms with E-state index in [0.29, 0.717) is 23.0 Å². The molecule has 0 amide bonds. The van der Waals surface area contributed by atoms with Crippen LogP contribution < -0.4 is 0 Å². The molecule has 0 N–H and O–H groups in total. The molecule has 1 aromatic carbocycles. The molecule has 0 spiro atoms. The molecule has 19 heavy (non-hydrogen) atoms. The fourth-order valence-electron chi connectivity index (χ4n) is 2.79. The summed E-state index contributed by atoms with van der Waals surface area (Å²) in [5, 5.41) is 0. The highest BCUT2D eigenvalue weighted by Crippen LogP contribution is 2.26. The smallest absolute Gasteiger partial charge is 0.144 e. The maximum Gasteiger partial charge on any atom is 0.144 e. The molecular weight excluding hydrogens is 314 g/mol. The van der Waals surface area contributed by atoms with Gasteiger partial charge in [-0.25, -0.2) is 8.78 Å². The van der Waals surface area contributed by atoms with Crippen LogP contribution >= 0.6 is 15.9 Å². The van der Waals surface area contributed by atoms with Crippen LogP contribution in [0.2, 0.25) is 0 Å². The molecule has 1 fully saturated rings. The first-order valence-corrected chi connectivity index (χ1v) is 7.20. The predicted octanol–water partition coefficient (Wildman–Crippen LogP) is 3.11. The molecule has 2 rings (SSSR count). The Kier molecular flexibility index (Phi) is 4.58. The van der Waals surface area contributed by atoms with Crippen LogP contribution in [0.4, 0.5) is 8.78 Å². The van der Waals surface area contributed by atoms with E-state index in [-0.39, 0.29) is 5.56 Å². The first-order valence-electron chi connectivity index (χ1n) is 6.41. The van der Waals surface area contributed by atoms with Crippen molar-refractivity contribution < 1.29 is 8.78 Å². The molecule has 106 valence electrons. The summed E-state index contributed by atoms with van der Waals surface area (Å²) in [5.74, 6) is -0.448. The number of likely N-dealkylation sites (N-methyl/N-ethyl adjacent to an activating group) is 1. The van der Waals surface area contributed by atoms with E-state index in [1.807, 2.05) is 14.1 Å². The lowest BCUT2D eigenvalue weighted by Gasteiger charge is -2.22. The van der Waals surface area contributed by atoms with Crippen LogP contribution in [0.3, 0.4) is 0 Å². The summed E-state index contributed by atoms with van der Waals surface area (Å²) >= 11 is 3.11. The summed E-state index contributed by atoms with van der Waals surface area (Å²) < 4.78 is 28.0. The van der Waals surface area contributed by atoms with E-state index in [1.54, 1.807) is 0 Å². The van der Waals surface area contributed by atoms with Gasteiger partial charge in [0, 0.05) is 31.2 Å². The first-order chi connectivity index (χ1) is 8.90. The van der Waals surface area contributed by atoms with Gasteiger partial charge in [-0.2, -0.15) is 0 Å². The van der Waals surface area contributed by atoms with Crippen LogP contribution in [0.5, 0.6) is 0 Å². The van der Waals surface area contributed by atoms with Crippen molar-refractivity contribution in [1.82, 2.24) is 9.80 Å². The topological polar surface area (TPSA) is 6.48 Å². The largest absolute Gasteiger partial charge is 0.305 e. The zero-order chi connectivity index (χ0) is 14.2. The molecule has 1 saturated heterocycles. The van der Waals surface area contributed by atoms with Gasteiger partial charge >= 0.3 is 0 Å². The minimum atomic E-state index is -0.485. The number of hydrogen-bond donors (Lipinski definition) is 0. The number of halogens is 3. The van der Waals surface area contributed by atoms with Crippen LogP contribution in [0.25, 0.3) is 0 Å². The fraction of sp³-hybridized carbons (Fsp3) is 0.571. The summed E-state index contributed by atoms with van der Waals surface area (Å²) in [6, 6.07) is 3.16. The second kappa shape index (κ2) is 5.85. The zero-order valence-electron chi connectivity index (χ0n) is 11.5. The third-order valence-electron chi connectivity index (χ3n) is 3.83. The summed E-state index contributed by atoms with van der Waals surface area (Å²) in [6.07, 6.45) is 0. The number of hydrogen-bond acceptors (Lipinski definition) is 2. The van der Waals surface area contributed by atoms with Gasteiger partial charge in [-0.1, -0.05) is 6.92 Å². The SMILES string of the molecule is CC1CN(Cc2c(F)ccc(Br)c2F)CC1N(C)C. The average molecular weight is 333 g/mol. The van der Waals surface area contributed by atoms with Crippen molar-refractivity contribution in [2.45, 2.75) is 19.5 Å². The van der Waals surface area contributed by atoms with Crippen LogP contribution in [0.1, 0.15) is 12.5 Å². The van der Waals surface area contributed by atoms with Crippen LogP contribution in [-0.4, -0.2) is 43.0 Å². The molecule has 0 radical (unpaired) electrons. The van der Waals surface area contributed by atoms with Crippen molar-refractivity contribution in [1.29, 1.82) is 0 Å². The van der Waals surface area contributed by atoms with Crippen LogP contribution in [-0.2, 0) is 6.54 Å². The quantitative estimate of drug-likeness (QED) is 0.785. The molecule has 2 unspecified atom stereocenters. The lowest BCUT2D eigenvalue weighted by molar-refractivity contribution is 0.248. The third kappa shape index (κ3) is 3.15. The maximum atomic E-state index is 13.9. The van der Waals surface area contributed by atoms with Crippen molar-refractivity contribution in [3.05, 3.63) is 33.8 Å². The van der Waals surface area contributed by atoms with Gasteiger partial charge in [0.15, 0.2) is 0 Å². The van der Waals surface area contributed by atoms with E-state index in [4.69, 9.17) is 0 Å². The van der Waals surface area contributed by atoms with Crippen molar-refractivity contribution >= 4 is 15.9 Å². The zero-order valence-corrected chi connectivity index (χ0v) is 13.0. The van der Waals surface area contributed by atoms with Gasteiger partial charge in [0.2, 0.25) is 0 Å². The summed E-state index contributed by atoms with van der Waals surface area (Å²) in [7, 11) is 4.09. The Balaban J connectivity index is 2.13. The fourth-order valence-corrected chi connectivity index (χ4v) is 3.16. The monoisotopic (exact) mass is 332 g/mol. The van der Waals surface area contributed by atoms with E-state index in [2.05, 4.69) is 32.7 Å². The minimum absolute atomic E-state index is 0.154. The molecule has 0 aliphatic carbocycles. The van der Waals surface area contributed by atoms with Crippen molar-refractivity contribution in [2.24, 2.45) is 5.92 Å². The summed E-state index contributed by atoms with van der Waals surface area (Å²) in [5.41, 5.74) is 0.154. The number of nitrogens with zero attached hydrogens (tertiary/aromatic N) is 2. The average Bonchev–Trinajstić information content (AvgIpc) is 2.71. The minimum Gasteiger partial charge on any atom is -0.305 e. The molecule has 0 saturated carbocycles. The van der Waals surface area contributed by atoms with E-state index in [9.17, 15) is 8.78 Å². The maximum absolute atomic E-state index is 13.9. The molecule has 1 heterocycles. The standard InChI is InChI=1S/C14H19BrF2N2/c1-9-6-19(8-13(9)18(2)3)7-10-12(16)5-4-11(15)14(10)17/h4-5,9,13H,6-8H2,1-3H3. The molecule has 0 aromatic heterocycles. The van der Waals surface area contributed by atoms with E-state index in [0.717, 1.165) is 13.1 Å². The summed E-state index contributed by atoms with van der Waals surface area (Å²) in [6.45, 7) is 4.22. The number of likely N-dealkylation sites (tertiary alicyclic amines) is 1. The lowest BCUT2D eigenvalue weighted by atomic mass is 10.1. The van der Waals surface area contributed by atoms with Gasteiger partial charge in [0.05, 0.1) is 4.47 Å². The van der Waals surface area contributed by atoms with Crippen LogP contribution in [0, 0.1) is 17.6 Å². The van der Waals surface area contributed by atoms with Gasteiger partial charge in [0.1, 0.15) is 11.6 Å². The molecular formula is C14H19BrF2N2. The first kappa shape index (κ1) is 14.9. The van der Waals surface area contributed by atoms with E-state index in [1.165, 1.54) is 12.1 Å². The highest BCUT2D eigenvalue weighted by molar-refractivity contribution is 9.10. The molecule has 2 nitrogen and oxygen atoms in total. The van der Waals surface area contributed by atoms with E-state index < -0.39 is 11.6 Å². The Bertz CT molecular complexity index is 465. The van der Waals surface area contributed by atoms with Gasteiger partial charge in [0.25, 0.3) is 0 Å². The molecule has 1 aliphatic rings. The molecule has 1 aromatic rings. The Morgan fingerprint density at radius 1 is 1.32 bits per heavy atom.